The Morgan fingerprint density at radius 1 is 1.41 bits per heavy atom. The van der Waals surface area contributed by atoms with E-state index in [1.807, 2.05) is 6.92 Å². The van der Waals surface area contributed by atoms with Gasteiger partial charge in [0.15, 0.2) is 0 Å². The third kappa shape index (κ3) is 2.08. The van der Waals surface area contributed by atoms with Crippen molar-refractivity contribution < 1.29 is 19.4 Å². The van der Waals surface area contributed by atoms with E-state index in [0.29, 0.717) is 17.9 Å². The Morgan fingerprint density at radius 2 is 2.12 bits per heavy atom. The molecule has 1 aromatic heterocycles. The summed E-state index contributed by atoms with van der Waals surface area (Å²) in [5, 5.41) is 19.8. The zero-order chi connectivity index (χ0) is 12.6. The van der Waals surface area contributed by atoms with Crippen molar-refractivity contribution in [3.8, 4) is 5.75 Å². The molecule has 1 aliphatic rings. The minimum Gasteiger partial charge on any atom is -0.487 e. The van der Waals surface area contributed by atoms with E-state index in [9.17, 15) is 15.0 Å². The lowest BCUT2D eigenvalue weighted by molar-refractivity contribution is -0.0728. The van der Waals surface area contributed by atoms with Crippen LogP contribution in [0.2, 0.25) is 0 Å². The fourth-order valence-corrected chi connectivity index (χ4v) is 2.08. The summed E-state index contributed by atoms with van der Waals surface area (Å²) < 4.78 is 10.4. The molecule has 1 aliphatic heterocycles. The maximum absolute atomic E-state index is 11.6. The Kier molecular flexibility index (Phi) is 3.22. The van der Waals surface area contributed by atoms with Crippen molar-refractivity contribution in [1.29, 1.82) is 0 Å². The van der Waals surface area contributed by atoms with E-state index < -0.39 is 23.9 Å². The molecule has 94 valence electrons. The van der Waals surface area contributed by atoms with Crippen LogP contribution in [0.15, 0.2) is 15.3 Å². The minimum atomic E-state index is -1.24. The average molecular weight is 240 g/mol. The highest BCUT2D eigenvalue weighted by molar-refractivity contribution is 5.36. The van der Waals surface area contributed by atoms with E-state index in [1.165, 1.54) is 0 Å². The van der Waals surface area contributed by atoms with Crippen molar-refractivity contribution >= 4 is 0 Å². The Hall–Kier alpha value is -1.33. The molecule has 0 bridgehead atoms. The molecule has 0 radical (unpaired) electrons. The first-order valence-corrected chi connectivity index (χ1v) is 5.72. The van der Waals surface area contributed by atoms with Crippen LogP contribution >= 0.6 is 0 Å². The van der Waals surface area contributed by atoms with E-state index >= 15 is 0 Å². The predicted molar refractivity (Wildman–Crippen MR) is 60.0 cm³/mol. The first kappa shape index (κ1) is 12.1. The Labute approximate surface area is 98.6 Å². The van der Waals surface area contributed by atoms with E-state index in [0.717, 1.165) is 6.42 Å². The third-order valence-corrected chi connectivity index (χ3v) is 2.93. The van der Waals surface area contributed by atoms with Gasteiger partial charge in [-0.25, -0.2) is 4.79 Å². The highest BCUT2D eigenvalue weighted by Gasteiger charge is 2.38. The molecule has 5 nitrogen and oxygen atoms in total. The highest BCUT2D eigenvalue weighted by atomic mass is 16.5. The molecule has 1 aromatic rings. The molecule has 17 heavy (non-hydrogen) atoms. The molecule has 0 fully saturated rings. The largest absolute Gasteiger partial charge is 0.487 e. The van der Waals surface area contributed by atoms with Crippen LogP contribution in [0.3, 0.4) is 0 Å². The molecule has 5 heteroatoms. The van der Waals surface area contributed by atoms with Crippen LogP contribution < -0.4 is 10.4 Å². The van der Waals surface area contributed by atoms with Gasteiger partial charge in [0.1, 0.15) is 35.4 Å². The van der Waals surface area contributed by atoms with Crippen molar-refractivity contribution in [2.45, 2.75) is 45.0 Å². The van der Waals surface area contributed by atoms with Gasteiger partial charge in [0, 0.05) is 6.07 Å². The van der Waals surface area contributed by atoms with Gasteiger partial charge in [-0.2, -0.15) is 0 Å². The van der Waals surface area contributed by atoms with Crippen molar-refractivity contribution in [2.24, 2.45) is 0 Å². The van der Waals surface area contributed by atoms with E-state index in [-0.39, 0.29) is 5.56 Å². The zero-order valence-electron chi connectivity index (χ0n) is 9.84. The topological polar surface area (TPSA) is 79.9 Å². The maximum Gasteiger partial charge on any atom is 0.345 e. The van der Waals surface area contributed by atoms with Gasteiger partial charge in [0.25, 0.3) is 0 Å². The van der Waals surface area contributed by atoms with Gasteiger partial charge in [-0.15, -0.1) is 0 Å². The van der Waals surface area contributed by atoms with Crippen LogP contribution in [-0.2, 0) is 0 Å². The monoisotopic (exact) mass is 240 g/mol. The summed E-state index contributed by atoms with van der Waals surface area (Å²) in [6, 6.07) is 1.56. The van der Waals surface area contributed by atoms with Gasteiger partial charge in [0.2, 0.25) is 0 Å². The summed E-state index contributed by atoms with van der Waals surface area (Å²) in [6.45, 7) is 3.60. The second kappa shape index (κ2) is 4.50. The Balaban J connectivity index is 2.45. The highest BCUT2D eigenvalue weighted by Crippen LogP contribution is 2.34. The molecule has 2 rings (SSSR count). The summed E-state index contributed by atoms with van der Waals surface area (Å²) in [6.07, 6.45) is -1.37. The quantitative estimate of drug-likeness (QED) is 0.803. The van der Waals surface area contributed by atoms with Crippen molar-refractivity contribution in [3.63, 3.8) is 0 Å². The lowest BCUT2D eigenvalue weighted by Gasteiger charge is -2.33. The van der Waals surface area contributed by atoms with E-state index in [1.54, 1.807) is 13.0 Å². The third-order valence-electron chi connectivity index (χ3n) is 2.93. The number of hydrogen-bond donors (Lipinski definition) is 2. The first-order valence-electron chi connectivity index (χ1n) is 5.72. The fraction of sp³-hybridized carbons (Fsp3) is 0.583. The fourth-order valence-electron chi connectivity index (χ4n) is 2.08. The van der Waals surface area contributed by atoms with Crippen molar-refractivity contribution in [1.82, 2.24) is 0 Å². The molecule has 0 aliphatic carbocycles. The average Bonchev–Trinajstić information content (AvgIpc) is 2.24. The Morgan fingerprint density at radius 3 is 2.76 bits per heavy atom. The molecule has 0 amide bonds. The normalized spacial score (nSPS) is 27.4. The molecule has 0 saturated heterocycles. The van der Waals surface area contributed by atoms with Gasteiger partial charge in [0.05, 0.1) is 0 Å². The van der Waals surface area contributed by atoms with Crippen molar-refractivity contribution in [3.05, 3.63) is 27.8 Å². The van der Waals surface area contributed by atoms with Crippen LogP contribution in [0.4, 0.5) is 0 Å². The molecule has 3 atom stereocenters. The lowest BCUT2D eigenvalue weighted by Crippen LogP contribution is -2.42. The van der Waals surface area contributed by atoms with Gasteiger partial charge in [-0.05, 0) is 13.3 Å². The van der Waals surface area contributed by atoms with Gasteiger partial charge >= 0.3 is 5.63 Å². The molecular formula is C12H16O5. The molecule has 0 aromatic carbocycles. The molecule has 0 saturated carbocycles. The smallest absolute Gasteiger partial charge is 0.345 e. The molecule has 2 N–H and O–H groups in total. The minimum absolute atomic E-state index is 0.00968. The van der Waals surface area contributed by atoms with E-state index in [2.05, 4.69) is 0 Å². The first-order chi connectivity index (χ1) is 8.04. The maximum atomic E-state index is 11.6. The molecule has 0 unspecified atom stereocenters. The number of aryl methyl sites for hydroxylation is 1. The SMILES string of the molecule is CCC[C@H]1Oc2cc(C)oc(=O)c2[C@H](O)[C@@H]1O. The number of ether oxygens (including phenoxy) is 1. The predicted octanol–water partition coefficient (Wildman–Crippen LogP) is 0.904. The Bertz CT molecular complexity index is 464. The van der Waals surface area contributed by atoms with Gasteiger partial charge < -0.3 is 19.4 Å². The van der Waals surface area contributed by atoms with Crippen LogP contribution in [0, 0.1) is 6.92 Å². The summed E-state index contributed by atoms with van der Waals surface area (Å²) >= 11 is 0. The van der Waals surface area contributed by atoms with Crippen LogP contribution in [0.25, 0.3) is 0 Å². The van der Waals surface area contributed by atoms with E-state index in [4.69, 9.17) is 9.15 Å². The molecule has 2 heterocycles. The van der Waals surface area contributed by atoms with Crippen LogP contribution in [-0.4, -0.2) is 22.4 Å². The number of rotatable bonds is 2. The number of hydrogen-bond acceptors (Lipinski definition) is 5. The van der Waals surface area contributed by atoms with Gasteiger partial charge in [-0.1, -0.05) is 13.3 Å². The molecular weight excluding hydrogens is 224 g/mol. The molecule has 0 spiro atoms. The summed E-state index contributed by atoms with van der Waals surface area (Å²) in [7, 11) is 0. The number of aliphatic hydroxyl groups excluding tert-OH is 2. The van der Waals surface area contributed by atoms with Crippen LogP contribution in [0.5, 0.6) is 5.75 Å². The summed E-state index contributed by atoms with van der Waals surface area (Å²) in [5.41, 5.74) is -0.642. The summed E-state index contributed by atoms with van der Waals surface area (Å²) in [4.78, 5) is 11.6. The van der Waals surface area contributed by atoms with Gasteiger partial charge in [-0.3, -0.25) is 0 Å². The standard InChI is InChI=1S/C12H16O5/c1-3-4-7-10(13)11(14)9-8(17-7)5-6(2)16-12(9)15/h5,7,10-11,13-14H,3-4H2,1-2H3/t7-,10-,11+/m1/s1. The van der Waals surface area contributed by atoms with Crippen molar-refractivity contribution in [2.75, 3.05) is 0 Å². The lowest BCUT2D eigenvalue weighted by atomic mass is 9.95. The number of fused-ring (bicyclic) bond motifs is 1. The second-order valence-corrected chi connectivity index (χ2v) is 4.30. The zero-order valence-corrected chi connectivity index (χ0v) is 9.84. The number of aliphatic hydroxyl groups is 2. The van der Waals surface area contributed by atoms with Crippen LogP contribution in [0.1, 0.15) is 37.2 Å². The second-order valence-electron chi connectivity index (χ2n) is 4.30. The summed E-state index contributed by atoms with van der Waals surface area (Å²) in [5.74, 6) is 0.739.